The summed E-state index contributed by atoms with van der Waals surface area (Å²) in [5.74, 6) is 1.14. The van der Waals surface area contributed by atoms with Crippen molar-refractivity contribution in [3.63, 3.8) is 0 Å². The van der Waals surface area contributed by atoms with Crippen LogP contribution in [0.25, 0.3) is 5.76 Å². The lowest BCUT2D eigenvalue weighted by Gasteiger charge is -2.25. The topological polar surface area (TPSA) is 44.8 Å². The highest BCUT2D eigenvalue weighted by atomic mass is 16.7. The first-order valence-electron chi connectivity index (χ1n) is 5.97. The van der Waals surface area contributed by atoms with Crippen molar-refractivity contribution in [2.24, 2.45) is 5.92 Å². The van der Waals surface area contributed by atoms with Gasteiger partial charge in [-0.25, -0.2) is 0 Å². The Bertz CT molecular complexity index is 506. The zero-order valence-corrected chi connectivity index (χ0v) is 10.1. The summed E-state index contributed by atoms with van der Waals surface area (Å²) >= 11 is 0. The van der Waals surface area contributed by atoms with E-state index in [1.165, 1.54) is 0 Å². The highest BCUT2D eigenvalue weighted by Crippen LogP contribution is 2.36. The van der Waals surface area contributed by atoms with Gasteiger partial charge in [0.15, 0.2) is 5.78 Å². The predicted molar refractivity (Wildman–Crippen MR) is 64.9 cm³/mol. The molecule has 0 saturated carbocycles. The molecule has 0 unspecified atom stereocenters. The van der Waals surface area contributed by atoms with Gasteiger partial charge in [-0.2, -0.15) is 0 Å². The Morgan fingerprint density at radius 3 is 3.00 bits per heavy atom. The molecule has 2 heterocycles. The van der Waals surface area contributed by atoms with E-state index in [1.54, 1.807) is 13.2 Å². The maximum Gasteiger partial charge on any atom is 0.210 e. The average Bonchev–Trinajstić information content (AvgIpc) is 2.87. The van der Waals surface area contributed by atoms with Gasteiger partial charge < -0.3 is 14.2 Å². The molecule has 0 N–H and O–H groups in total. The Balaban J connectivity index is 1.97. The monoisotopic (exact) mass is 246 g/mol. The van der Waals surface area contributed by atoms with Crippen LogP contribution in [0.15, 0.2) is 30.3 Å². The molecule has 0 spiro atoms. The second-order valence-electron chi connectivity index (χ2n) is 4.36. The summed E-state index contributed by atoms with van der Waals surface area (Å²) < 4.78 is 16.4. The van der Waals surface area contributed by atoms with Gasteiger partial charge in [-0.05, 0) is 18.6 Å². The highest BCUT2D eigenvalue weighted by molar-refractivity contribution is 5.99. The zero-order valence-electron chi connectivity index (χ0n) is 10.1. The van der Waals surface area contributed by atoms with Gasteiger partial charge in [-0.15, -0.1) is 0 Å². The molecule has 18 heavy (non-hydrogen) atoms. The van der Waals surface area contributed by atoms with E-state index in [2.05, 4.69) is 0 Å². The van der Waals surface area contributed by atoms with E-state index in [1.807, 2.05) is 24.3 Å². The third-order valence-electron chi connectivity index (χ3n) is 3.29. The normalized spacial score (nSPS) is 26.3. The van der Waals surface area contributed by atoms with Crippen LogP contribution in [0.2, 0.25) is 0 Å². The van der Waals surface area contributed by atoms with Gasteiger partial charge in [0, 0.05) is 6.08 Å². The maximum absolute atomic E-state index is 12.0. The smallest absolute Gasteiger partial charge is 0.210 e. The summed E-state index contributed by atoms with van der Waals surface area (Å²) in [7, 11) is 1.60. The largest absolute Gasteiger partial charge is 0.496 e. The molecular formula is C14H14O4. The van der Waals surface area contributed by atoms with Gasteiger partial charge in [0.25, 0.3) is 0 Å². The van der Waals surface area contributed by atoms with Crippen molar-refractivity contribution < 1.29 is 19.0 Å². The number of hydrogen-bond donors (Lipinski definition) is 0. The van der Waals surface area contributed by atoms with Crippen LogP contribution in [0.3, 0.4) is 0 Å². The van der Waals surface area contributed by atoms with Gasteiger partial charge >= 0.3 is 0 Å². The van der Waals surface area contributed by atoms with Gasteiger partial charge in [-0.3, -0.25) is 4.79 Å². The lowest BCUT2D eigenvalue weighted by Crippen LogP contribution is -2.29. The van der Waals surface area contributed by atoms with Crippen LogP contribution in [0.5, 0.6) is 5.75 Å². The quantitative estimate of drug-likeness (QED) is 0.800. The second-order valence-corrected chi connectivity index (χ2v) is 4.36. The van der Waals surface area contributed by atoms with Crippen molar-refractivity contribution in [1.29, 1.82) is 0 Å². The molecule has 2 aliphatic heterocycles. The first-order valence-corrected chi connectivity index (χ1v) is 5.97. The SMILES string of the molecule is COc1ccccc1C1=CC(=O)[C@@H]2CCO[C@H]2O1. The van der Waals surface area contributed by atoms with E-state index in [9.17, 15) is 4.79 Å². The Hall–Kier alpha value is -1.81. The Morgan fingerprint density at radius 2 is 2.17 bits per heavy atom. The van der Waals surface area contributed by atoms with Crippen LogP contribution in [-0.4, -0.2) is 25.8 Å². The third kappa shape index (κ3) is 1.78. The van der Waals surface area contributed by atoms with E-state index >= 15 is 0 Å². The number of hydrogen-bond acceptors (Lipinski definition) is 4. The molecule has 3 rings (SSSR count). The van der Waals surface area contributed by atoms with E-state index in [0.717, 1.165) is 12.0 Å². The number of ketones is 1. The number of carbonyl (C=O) groups is 1. The standard InChI is InChI=1S/C14H14O4/c1-16-12-5-3-2-4-10(12)13-8-11(15)9-6-7-17-14(9)18-13/h2-5,8-9,14H,6-7H2,1H3/t9-,14-/m0/s1. The van der Waals surface area contributed by atoms with Crippen molar-refractivity contribution in [3.8, 4) is 5.75 Å². The molecule has 4 heteroatoms. The van der Waals surface area contributed by atoms with Gasteiger partial charge in [0.05, 0.1) is 25.2 Å². The fourth-order valence-corrected chi connectivity index (χ4v) is 2.34. The van der Waals surface area contributed by atoms with Gasteiger partial charge in [0.1, 0.15) is 11.5 Å². The van der Waals surface area contributed by atoms with Crippen molar-refractivity contribution in [1.82, 2.24) is 0 Å². The summed E-state index contributed by atoms with van der Waals surface area (Å²) in [5, 5.41) is 0. The van der Waals surface area contributed by atoms with Crippen molar-refractivity contribution in [2.45, 2.75) is 12.7 Å². The number of allylic oxidation sites excluding steroid dienone is 1. The van der Waals surface area contributed by atoms with Crippen LogP contribution in [0.4, 0.5) is 0 Å². The van der Waals surface area contributed by atoms with Crippen molar-refractivity contribution in [2.75, 3.05) is 13.7 Å². The third-order valence-corrected chi connectivity index (χ3v) is 3.29. The molecule has 94 valence electrons. The fourth-order valence-electron chi connectivity index (χ4n) is 2.34. The minimum atomic E-state index is -0.442. The number of methoxy groups -OCH3 is 1. The minimum Gasteiger partial charge on any atom is -0.496 e. The molecule has 2 aliphatic rings. The first kappa shape index (κ1) is 11.3. The minimum absolute atomic E-state index is 0.0738. The number of para-hydroxylation sites is 1. The summed E-state index contributed by atoms with van der Waals surface area (Å²) in [5.41, 5.74) is 0.780. The van der Waals surface area contributed by atoms with Crippen LogP contribution >= 0.6 is 0 Å². The fraction of sp³-hybridized carbons (Fsp3) is 0.357. The molecule has 1 fully saturated rings. The zero-order chi connectivity index (χ0) is 12.5. The van der Waals surface area contributed by atoms with Crippen LogP contribution in [-0.2, 0) is 14.3 Å². The summed E-state index contributed by atoms with van der Waals surface area (Å²) in [6, 6.07) is 7.47. The molecule has 1 aromatic rings. The molecular weight excluding hydrogens is 232 g/mol. The lowest BCUT2D eigenvalue weighted by atomic mass is 9.97. The highest BCUT2D eigenvalue weighted by Gasteiger charge is 2.39. The summed E-state index contributed by atoms with van der Waals surface area (Å²) in [6.07, 6.45) is 1.84. The first-order chi connectivity index (χ1) is 8.79. The Morgan fingerprint density at radius 1 is 1.33 bits per heavy atom. The lowest BCUT2D eigenvalue weighted by molar-refractivity contribution is -0.133. The number of benzene rings is 1. The number of fused-ring (bicyclic) bond motifs is 1. The van der Waals surface area contributed by atoms with Crippen LogP contribution < -0.4 is 4.74 Å². The second kappa shape index (κ2) is 4.46. The molecule has 0 bridgehead atoms. The number of rotatable bonds is 2. The van der Waals surface area contributed by atoms with Gasteiger partial charge in [-0.1, -0.05) is 12.1 Å². The number of carbonyl (C=O) groups excluding carboxylic acids is 1. The summed E-state index contributed by atoms with van der Waals surface area (Å²) in [6.45, 7) is 0.577. The maximum atomic E-state index is 12.0. The molecule has 0 aromatic heterocycles. The Kier molecular flexibility index (Phi) is 2.80. The molecule has 4 nitrogen and oxygen atoms in total. The van der Waals surface area contributed by atoms with E-state index < -0.39 is 6.29 Å². The predicted octanol–water partition coefficient (Wildman–Crippen LogP) is 2.00. The van der Waals surface area contributed by atoms with E-state index in [-0.39, 0.29) is 11.7 Å². The molecule has 1 saturated heterocycles. The average molecular weight is 246 g/mol. The van der Waals surface area contributed by atoms with Crippen LogP contribution in [0.1, 0.15) is 12.0 Å². The van der Waals surface area contributed by atoms with Crippen molar-refractivity contribution >= 4 is 11.5 Å². The van der Waals surface area contributed by atoms with Gasteiger partial charge in [0.2, 0.25) is 6.29 Å². The van der Waals surface area contributed by atoms with Crippen LogP contribution in [0, 0.1) is 5.92 Å². The van der Waals surface area contributed by atoms with Crippen molar-refractivity contribution in [3.05, 3.63) is 35.9 Å². The number of ether oxygens (including phenoxy) is 3. The molecule has 2 atom stereocenters. The molecule has 1 aromatic carbocycles. The van der Waals surface area contributed by atoms with E-state index in [0.29, 0.717) is 18.1 Å². The Labute approximate surface area is 105 Å². The summed E-state index contributed by atoms with van der Waals surface area (Å²) in [4.78, 5) is 12.0. The molecule has 0 aliphatic carbocycles. The molecule has 0 radical (unpaired) electrons. The van der Waals surface area contributed by atoms with E-state index in [4.69, 9.17) is 14.2 Å². The molecule has 0 amide bonds.